The molecule has 118 valence electrons. The fourth-order valence-electron chi connectivity index (χ4n) is 1.44. The van der Waals surface area contributed by atoms with E-state index in [-0.39, 0.29) is 12.1 Å². The maximum atomic E-state index is 11.9. The number of carboxylic acid groups (broad SMARTS) is 1. The van der Waals surface area contributed by atoms with Crippen LogP contribution in [0.3, 0.4) is 0 Å². The van der Waals surface area contributed by atoms with Crippen LogP contribution in [0.1, 0.15) is 48.0 Å². The fourth-order valence-corrected chi connectivity index (χ4v) is 2.25. The first-order valence-corrected chi connectivity index (χ1v) is 8.10. The van der Waals surface area contributed by atoms with Gasteiger partial charge >= 0.3 is 12.0 Å². The van der Waals surface area contributed by atoms with E-state index >= 15 is 0 Å². The Morgan fingerprint density at radius 3 is 2.25 bits per heavy atom. The van der Waals surface area contributed by atoms with Crippen molar-refractivity contribution in [3.8, 4) is 0 Å². The van der Waals surface area contributed by atoms with Gasteiger partial charge in [-0.1, -0.05) is 6.92 Å². The van der Waals surface area contributed by atoms with Crippen LogP contribution in [0.4, 0.5) is 4.79 Å². The largest absolute Gasteiger partial charge is 0.481 e. The third kappa shape index (κ3) is 5.61. The lowest BCUT2D eigenvalue weighted by molar-refractivity contribution is -0.150. The third-order valence-corrected chi connectivity index (χ3v) is 4.73. The van der Waals surface area contributed by atoms with Gasteiger partial charge in [0.05, 0.1) is 11.0 Å². The normalized spacial score (nSPS) is 13.7. The molecule has 2 amide bonds. The highest BCUT2D eigenvalue weighted by Crippen LogP contribution is 2.30. The van der Waals surface area contributed by atoms with Crippen molar-refractivity contribution in [3.63, 3.8) is 0 Å². The third-order valence-electron chi connectivity index (χ3n) is 3.80. The average molecular weight is 304 g/mol. The minimum atomic E-state index is -1.05. The van der Waals surface area contributed by atoms with Crippen molar-refractivity contribution in [2.45, 2.75) is 59.5 Å². The van der Waals surface area contributed by atoms with Crippen molar-refractivity contribution >= 4 is 23.8 Å². The van der Waals surface area contributed by atoms with Crippen LogP contribution in [0.15, 0.2) is 0 Å². The Kier molecular flexibility index (Phi) is 7.41. The number of amides is 2. The van der Waals surface area contributed by atoms with Crippen molar-refractivity contribution in [3.05, 3.63) is 0 Å². The monoisotopic (exact) mass is 304 g/mol. The number of hydrogen-bond donors (Lipinski definition) is 3. The minimum absolute atomic E-state index is 0.0674. The molecule has 20 heavy (non-hydrogen) atoms. The number of aliphatic carboxylic acids is 1. The molecule has 0 radical (unpaired) electrons. The van der Waals surface area contributed by atoms with Crippen LogP contribution in [0, 0.1) is 5.41 Å². The molecule has 0 aromatic heterocycles. The van der Waals surface area contributed by atoms with E-state index in [1.807, 2.05) is 18.7 Å². The molecule has 5 nitrogen and oxygen atoms in total. The minimum Gasteiger partial charge on any atom is -0.481 e. The van der Waals surface area contributed by atoms with Gasteiger partial charge in [-0.15, -0.1) is 0 Å². The van der Waals surface area contributed by atoms with Crippen LogP contribution >= 0.6 is 11.8 Å². The standard InChI is InChI=1S/C14H28N2O3S/c1-7-20-9-8-10(2)15-12(19)16-14(5,6)13(3,4)11(17)18/h10H,7-9H2,1-6H3,(H,17,18)(H2,15,16,19). The van der Waals surface area contributed by atoms with Crippen molar-refractivity contribution in [1.82, 2.24) is 10.6 Å². The van der Waals surface area contributed by atoms with Crippen molar-refractivity contribution < 1.29 is 14.7 Å². The second-order valence-electron chi connectivity index (χ2n) is 6.04. The predicted octanol–water partition coefficient (Wildman–Crippen LogP) is 2.71. The molecule has 0 fully saturated rings. The summed E-state index contributed by atoms with van der Waals surface area (Å²) in [7, 11) is 0. The van der Waals surface area contributed by atoms with Crippen LogP contribution in [0.2, 0.25) is 0 Å². The smallest absolute Gasteiger partial charge is 0.315 e. The maximum Gasteiger partial charge on any atom is 0.315 e. The molecular formula is C14H28N2O3S. The SMILES string of the molecule is CCSCCC(C)NC(=O)NC(C)(C)C(C)(C)C(=O)O. The zero-order valence-corrected chi connectivity index (χ0v) is 14.2. The van der Waals surface area contributed by atoms with Gasteiger partial charge in [0.25, 0.3) is 0 Å². The Morgan fingerprint density at radius 1 is 1.25 bits per heavy atom. The molecule has 0 saturated carbocycles. The number of urea groups is 1. The first-order chi connectivity index (χ1) is 9.04. The molecule has 0 aliphatic heterocycles. The zero-order valence-electron chi connectivity index (χ0n) is 13.4. The summed E-state index contributed by atoms with van der Waals surface area (Å²) in [6.07, 6.45) is 0.897. The highest BCUT2D eigenvalue weighted by Gasteiger charge is 2.44. The van der Waals surface area contributed by atoms with Gasteiger partial charge in [0.15, 0.2) is 0 Å². The number of carbonyl (C=O) groups excluding carboxylic acids is 1. The van der Waals surface area contributed by atoms with Gasteiger partial charge < -0.3 is 15.7 Å². The molecule has 0 aromatic rings. The lowest BCUT2D eigenvalue weighted by Gasteiger charge is -2.39. The van der Waals surface area contributed by atoms with Gasteiger partial charge in [0, 0.05) is 6.04 Å². The molecule has 0 aliphatic carbocycles. The zero-order chi connectivity index (χ0) is 16.0. The summed E-state index contributed by atoms with van der Waals surface area (Å²) < 4.78 is 0. The summed E-state index contributed by atoms with van der Waals surface area (Å²) in [6, 6.07) is -0.254. The molecule has 0 bridgehead atoms. The van der Waals surface area contributed by atoms with E-state index in [1.54, 1.807) is 27.7 Å². The van der Waals surface area contributed by atoms with Gasteiger partial charge in [0.2, 0.25) is 0 Å². The van der Waals surface area contributed by atoms with E-state index in [0.29, 0.717) is 0 Å². The average Bonchev–Trinajstić information content (AvgIpc) is 2.27. The second kappa shape index (κ2) is 7.76. The first kappa shape index (κ1) is 19.1. The Bertz CT molecular complexity index is 343. The van der Waals surface area contributed by atoms with Crippen LogP contribution < -0.4 is 10.6 Å². The highest BCUT2D eigenvalue weighted by molar-refractivity contribution is 7.99. The second-order valence-corrected chi connectivity index (χ2v) is 7.43. The molecule has 6 heteroatoms. The van der Waals surface area contributed by atoms with E-state index in [1.165, 1.54) is 0 Å². The summed E-state index contributed by atoms with van der Waals surface area (Å²) in [5, 5.41) is 14.9. The summed E-state index contributed by atoms with van der Waals surface area (Å²) >= 11 is 1.84. The molecular weight excluding hydrogens is 276 g/mol. The Labute approximate surface area is 126 Å². The first-order valence-electron chi connectivity index (χ1n) is 6.94. The number of hydrogen-bond acceptors (Lipinski definition) is 3. The molecule has 0 saturated heterocycles. The molecule has 0 heterocycles. The van der Waals surface area contributed by atoms with Crippen LogP contribution in [0.5, 0.6) is 0 Å². The van der Waals surface area contributed by atoms with E-state index in [9.17, 15) is 14.7 Å². The summed E-state index contributed by atoms with van der Waals surface area (Å²) in [5.41, 5.74) is -1.90. The summed E-state index contributed by atoms with van der Waals surface area (Å²) in [6.45, 7) is 10.7. The van der Waals surface area contributed by atoms with Gasteiger partial charge in [0.1, 0.15) is 0 Å². The van der Waals surface area contributed by atoms with Crippen LogP contribution in [-0.2, 0) is 4.79 Å². The van der Waals surface area contributed by atoms with Gasteiger partial charge in [-0.2, -0.15) is 11.8 Å². The molecule has 1 unspecified atom stereocenters. The van der Waals surface area contributed by atoms with Crippen LogP contribution in [0.25, 0.3) is 0 Å². The van der Waals surface area contributed by atoms with Gasteiger partial charge in [-0.3, -0.25) is 4.79 Å². The lowest BCUT2D eigenvalue weighted by Crippen LogP contribution is -2.59. The van der Waals surface area contributed by atoms with E-state index in [0.717, 1.165) is 17.9 Å². The van der Waals surface area contributed by atoms with Crippen molar-refractivity contribution in [1.29, 1.82) is 0 Å². The van der Waals surface area contributed by atoms with E-state index in [2.05, 4.69) is 17.6 Å². The summed E-state index contributed by atoms with van der Waals surface area (Å²) in [4.78, 5) is 23.2. The Balaban J connectivity index is 4.42. The fraction of sp³-hybridized carbons (Fsp3) is 0.857. The molecule has 0 rings (SSSR count). The predicted molar refractivity (Wildman–Crippen MR) is 84.2 cm³/mol. The van der Waals surface area contributed by atoms with Crippen molar-refractivity contribution in [2.75, 3.05) is 11.5 Å². The molecule has 3 N–H and O–H groups in total. The van der Waals surface area contributed by atoms with Crippen molar-refractivity contribution in [2.24, 2.45) is 5.41 Å². The number of thioether (sulfide) groups is 1. The van der Waals surface area contributed by atoms with E-state index in [4.69, 9.17) is 0 Å². The van der Waals surface area contributed by atoms with E-state index < -0.39 is 16.9 Å². The van der Waals surface area contributed by atoms with Gasteiger partial charge in [-0.05, 0) is 52.5 Å². The Morgan fingerprint density at radius 2 is 1.80 bits per heavy atom. The number of rotatable bonds is 8. The molecule has 0 aromatic carbocycles. The summed E-state index contributed by atoms with van der Waals surface area (Å²) in [5.74, 6) is 1.14. The van der Waals surface area contributed by atoms with Gasteiger partial charge in [-0.25, -0.2) is 4.79 Å². The quantitative estimate of drug-likeness (QED) is 0.602. The van der Waals surface area contributed by atoms with Crippen LogP contribution in [-0.4, -0.2) is 40.2 Å². The molecule has 0 spiro atoms. The molecule has 1 atom stereocenters. The highest BCUT2D eigenvalue weighted by atomic mass is 32.2. The lowest BCUT2D eigenvalue weighted by atomic mass is 9.74. The topological polar surface area (TPSA) is 78.4 Å². The maximum absolute atomic E-state index is 11.9. The number of carboxylic acids is 1. The number of nitrogens with one attached hydrogen (secondary N) is 2. The molecule has 0 aliphatic rings. The Hall–Kier alpha value is -0.910. The number of carbonyl (C=O) groups is 2.